The van der Waals surface area contributed by atoms with E-state index in [0.717, 1.165) is 5.39 Å². The molecule has 2 N–H and O–H groups in total. The normalized spacial score (nSPS) is 17.0. The first-order valence-electron chi connectivity index (χ1n) is 7.39. The average Bonchev–Trinajstić information content (AvgIpc) is 2.68. The molecule has 1 atom stereocenters. The second-order valence-electron chi connectivity index (χ2n) is 5.68. The Morgan fingerprint density at radius 3 is 2.42 bits per heavy atom. The highest BCUT2D eigenvalue weighted by molar-refractivity contribution is 5.99. The minimum Gasteiger partial charge on any atom is -0.353 e. The SMILES string of the molecule is ON1c2ccccc2Nc2c(ccc3ccccc23)C1C(F)(F)F. The first kappa shape index (κ1) is 14.8. The van der Waals surface area contributed by atoms with Crippen LogP contribution in [0, 0.1) is 0 Å². The smallest absolute Gasteiger partial charge is 0.353 e. The molecule has 0 aliphatic carbocycles. The molecule has 4 rings (SSSR count). The van der Waals surface area contributed by atoms with Crippen molar-refractivity contribution < 1.29 is 18.4 Å². The number of hydrogen-bond donors (Lipinski definition) is 2. The molecule has 1 heterocycles. The van der Waals surface area contributed by atoms with Crippen molar-refractivity contribution in [3.05, 3.63) is 66.2 Å². The first-order valence-corrected chi connectivity index (χ1v) is 7.39. The molecule has 6 heteroatoms. The Balaban J connectivity index is 2.07. The fraction of sp³-hybridized carbons (Fsp3) is 0.111. The molecule has 0 radical (unpaired) electrons. The van der Waals surface area contributed by atoms with Crippen LogP contribution in [0.1, 0.15) is 11.6 Å². The predicted molar refractivity (Wildman–Crippen MR) is 86.7 cm³/mol. The third-order valence-electron chi connectivity index (χ3n) is 4.22. The van der Waals surface area contributed by atoms with Gasteiger partial charge in [0.05, 0.1) is 17.1 Å². The summed E-state index contributed by atoms with van der Waals surface area (Å²) in [5.41, 5.74) is 0.851. The topological polar surface area (TPSA) is 35.5 Å². The molecule has 122 valence electrons. The standard InChI is InChI=1S/C18H13F3N2O/c19-18(20,21)17-13-10-9-11-5-1-2-6-12(11)16(13)22-14-7-3-4-8-15(14)23(17)24/h1-10,17,22,24H. The Hall–Kier alpha value is -2.73. The quantitative estimate of drug-likeness (QED) is 0.579. The van der Waals surface area contributed by atoms with Crippen molar-refractivity contribution in [1.29, 1.82) is 0 Å². The number of nitrogens with zero attached hydrogens (tertiary/aromatic N) is 1. The Kier molecular flexibility index (Phi) is 3.18. The van der Waals surface area contributed by atoms with Crippen LogP contribution in [0.4, 0.5) is 30.2 Å². The number of para-hydroxylation sites is 2. The zero-order chi connectivity index (χ0) is 16.9. The number of benzene rings is 3. The fourth-order valence-electron chi connectivity index (χ4n) is 3.16. The van der Waals surface area contributed by atoms with Crippen molar-refractivity contribution in [2.75, 3.05) is 10.4 Å². The maximum absolute atomic E-state index is 13.7. The van der Waals surface area contributed by atoms with Gasteiger partial charge in [-0.1, -0.05) is 48.5 Å². The molecule has 3 aromatic rings. The Morgan fingerprint density at radius 2 is 1.62 bits per heavy atom. The van der Waals surface area contributed by atoms with E-state index in [4.69, 9.17) is 0 Å². The van der Waals surface area contributed by atoms with Gasteiger partial charge in [0.25, 0.3) is 0 Å². The molecule has 3 aromatic carbocycles. The summed E-state index contributed by atoms with van der Waals surface area (Å²) in [6.45, 7) is 0. The minimum absolute atomic E-state index is 0.0140. The van der Waals surface area contributed by atoms with Gasteiger partial charge in [0.2, 0.25) is 0 Å². The van der Waals surface area contributed by atoms with E-state index in [1.807, 2.05) is 12.1 Å². The average molecular weight is 330 g/mol. The Morgan fingerprint density at radius 1 is 0.917 bits per heavy atom. The van der Waals surface area contributed by atoms with Gasteiger partial charge in [-0.15, -0.1) is 0 Å². The number of anilines is 3. The van der Waals surface area contributed by atoms with E-state index in [1.54, 1.807) is 36.4 Å². The molecule has 0 bridgehead atoms. The highest BCUT2D eigenvalue weighted by Crippen LogP contribution is 2.48. The van der Waals surface area contributed by atoms with Gasteiger partial charge in [-0.3, -0.25) is 5.21 Å². The molecule has 1 unspecified atom stereocenters. The summed E-state index contributed by atoms with van der Waals surface area (Å²) < 4.78 is 41.1. The van der Waals surface area contributed by atoms with Crippen LogP contribution < -0.4 is 10.4 Å². The maximum atomic E-state index is 13.7. The molecule has 0 fully saturated rings. The number of fused-ring (bicyclic) bond motifs is 4. The molecular weight excluding hydrogens is 317 g/mol. The molecule has 0 spiro atoms. The lowest BCUT2D eigenvalue weighted by Gasteiger charge is -2.29. The van der Waals surface area contributed by atoms with E-state index >= 15 is 0 Å². The van der Waals surface area contributed by atoms with Gasteiger partial charge in [0.1, 0.15) is 0 Å². The van der Waals surface area contributed by atoms with Crippen molar-refractivity contribution in [3.8, 4) is 0 Å². The predicted octanol–water partition coefficient (Wildman–Crippen LogP) is 5.40. The fourth-order valence-corrected chi connectivity index (χ4v) is 3.16. The Labute approximate surface area is 135 Å². The maximum Gasteiger partial charge on any atom is 0.415 e. The summed E-state index contributed by atoms with van der Waals surface area (Å²) in [5.74, 6) is 0. The van der Waals surface area contributed by atoms with Gasteiger partial charge >= 0.3 is 6.18 Å². The lowest BCUT2D eigenvalue weighted by atomic mass is 9.98. The summed E-state index contributed by atoms with van der Waals surface area (Å²) in [6, 6.07) is 14.5. The summed E-state index contributed by atoms with van der Waals surface area (Å²) in [6.07, 6.45) is -4.63. The lowest BCUT2D eigenvalue weighted by molar-refractivity contribution is -0.162. The minimum atomic E-state index is -4.63. The number of halogens is 3. The Bertz CT molecular complexity index is 924. The molecule has 0 amide bonds. The summed E-state index contributed by atoms with van der Waals surface area (Å²) in [5, 5.41) is 15.2. The van der Waals surface area contributed by atoms with E-state index < -0.39 is 12.2 Å². The number of alkyl halides is 3. The van der Waals surface area contributed by atoms with Crippen LogP contribution in [-0.4, -0.2) is 11.4 Å². The third-order valence-corrected chi connectivity index (χ3v) is 4.22. The third kappa shape index (κ3) is 2.18. The van der Waals surface area contributed by atoms with E-state index in [2.05, 4.69) is 5.32 Å². The number of hydroxylamine groups is 1. The molecule has 0 aromatic heterocycles. The van der Waals surface area contributed by atoms with E-state index in [1.165, 1.54) is 12.1 Å². The van der Waals surface area contributed by atoms with Crippen molar-refractivity contribution in [2.45, 2.75) is 12.2 Å². The second kappa shape index (κ2) is 5.14. The molecule has 0 saturated heterocycles. The van der Waals surface area contributed by atoms with Crippen molar-refractivity contribution >= 4 is 27.8 Å². The van der Waals surface area contributed by atoms with Crippen LogP contribution in [0.25, 0.3) is 10.8 Å². The largest absolute Gasteiger partial charge is 0.415 e. The van der Waals surface area contributed by atoms with Gasteiger partial charge < -0.3 is 5.32 Å². The highest BCUT2D eigenvalue weighted by Gasteiger charge is 2.48. The van der Waals surface area contributed by atoms with Crippen LogP contribution >= 0.6 is 0 Å². The van der Waals surface area contributed by atoms with Gasteiger partial charge in [0.15, 0.2) is 6.04 Å². The number of rotatable bonds is 0. The van der Waals surface area contributed by atoms with Crippen molar-refractivity contribution in [2.24, 2.45) is 0 Å². The highest BCUT2D eigenvalue weighted by atomic mass is 19.4. The molecular formula is C18H13F3N2O. The van der Waals surface area contributed by atoms with Crippen molar-refractivity contribution in [1.82, 2.24) is 0 Å². The molecule has 24 heavy (non-hydrogen) atoms. The summed E-state index contributed by atoms with van der Waals surface area (Å²) in [7, 11) is 0. The molecule has 1 aliphatic heterocycles. The molecule has 0 saturated carbocycles. The zero-order valence-electron chi connectivity index (χ0n) is 12.4. The second-order valence-corrected chi connectivity index (χ2v) is 5.68. The van der Waals surface area contributed by atoms with Crippen LogP contribution in [0.2, 0.25) is 0 Å². The number of nitrogens with one attached hydrogen (secondary N) is 1. The zero-order valence-corrected chi connectivity index (χ0v) is 12.4. The van der Waals surface area contributed by atoms with Gasteiger partial charge in [-0.2, -0.15) is 13.2 Å². The molecule has 1 aliphatic rings. The monoisotopic (exact) mass is 330 g/mol. The van der Waals surface area contributed by atoms with Gasteiger partial charge in [-0.05, 0) is 17.5 Å². The lowest BCUT2D eigenvalue weighted by Crippen LogP contribution is -2.36. The number of hydrogen-bond acceptors (Lipinski definition) is 3. The van der Waals surface area contributed by atoms with E-state index in [-0.39, 0.29) is 11.3 Å². The first-order chi connectivity index (χ1) is 11.5. The van der Waals surface area contributed by atoms with Crippen LogP contribution in [0.5, 0.6) is 0 Å². The summed E-state index contributed by atoms with van der Waals surface area (Å²) >= 11 is 0. The van der Waals surface area contributed by atoms with Gasteiger partial charge in [-0.25, -0.2) is 5.06 Å². The van der Waals surface area contributed by atoms with Crippen LogP contribution in [0.3, 0.4) is 0 Å². The van der Waals surface area contributed by atoms with Crippen LogP contribution in [0.15, 0.2) is 60.7 Å². The van der Waals surface area contributed by atoms with E-state index in [9.17, 15) is 18.4 Å². The van der Waals surface area contributed by atoms with Crippen LogP contribution in [-0.2, 0) is 0 Å². The summed E-state index contributed by atoms with van der Waals surface area (Å²) in [4.78, 5) is 0. The van der Waals surface area contributed by atoms with Gasteiger partial charge in [0, 0.05) is 10.9 Å². The molecule has 3 nitrogen and oxygen atoms in total. The van der Waals surface area contributed by atoms with E-state index in [0.29, 0.717) is 21.8 Å². The van der Waals surface area contributed by atoms with Crippen molar-refractivity contribution in [3.63, 3.8) is 0 Å².